The minimum Gasteiger partial charge on any atom is -0.493 e. The Hall–Kier alpha value is -3.61. The van der Waals surface area contributed by atoms with Gasteiger partial charge in [-0.15, -0.1) is 0 Å². The van der Waals surface area contributed by atoms with E-state index in [1.165, 1.54) is 14.2 Å². The molecule has 1 heterocycles. The molecule has 0 saturated carbocycles. The highest BCUT2D eigenvalue weighted by atomic mass is 16.5. The van der Waals surface area contributed by atoms with Crippen LogP contribution in [0.1, 0.15) is 20.7 Å². The van der Waals surface area contributed by atoms with Crippen molar-refractivity contribution in [2.24, 2.45) is 10.7 Å². The molecule has 2 aromatic carbocycles. The molecule has 0 fully saturated rings. The van der Waals surface area contributed by atoms with Gasteiger partial charge in [0.1, 0.15) is 5.56 Å². The number of benzene rings is 2. The molecule has 0 unspecified atom stereocenters. The van der Waals surface area contributed by atoms with Crippen molar-refractivity contribution in [1.29, 1.82) is 0 Å². The number of fused-ring (bicyclic) bond motifs is 1. The van der Waals surface area contributed by atoms with E-state index in [2.05, 4.69) is 9.73 Å². The average molecular weight is 352 g/mol. The molecule has 132 valence electrons. The quantitative estimate of drug-likeness (QED) is 0.727. The minimum absolute atomic E-state index is 0.0559. The van der Waals surface area contributed by atoms with Crippen LogP contribution in [-0.2, 0) is 4.74 Å². The zero-order valence-corrected chi connectivity index (χ0v) is 14.2. The summed E-state index contributed by atoms with van der Waals surface area (Å²) in [5, 5.41) is 0.665. The lowest BCUT2D eigenvalue weighted by molar-refractivity contribution is 0.0600. The molecule has 2 N–H and O–H groups in total. The fourth-order valence-electron chi connectivity index (χ4n) is 2.45. The predicted octanol–water partition coefficient (Wildman–Crippen LogP) is 2.56. The molecule has 0 atom stereocenters. The molecule has 1 amide bonds. The van der Waals surface area contributed by atoms with Gasteiger partial charge in [-0.3, -0.25) is 4.79 Å². The lowest BCUT2D eigenvalue weighted by atomic mass is 10.1. The fraction of sp³-hybridized carbons (Fsp3) is 0.105. The number of hydrogen-bond donors (Lipinski definition) is 1. The van der Waals surface area contributed by atoms with Crippen LogP contribution in [0.3, 0.4) is 0 Å². The summed E-state index contributed by atoms with van der Waals surface area (Å²) in [5.74, 6) is -0.603. The maximum atomic E-state index is 11.8. The third-order valence-corrected chi connectivity index (χ3v) is 3.74. The van der Waals surface area contributed by atoms with Crippen molar-refractivity contribution in [2.45, 2.75) is 0 Å². The minimum atomic E-state index is -0.664. The largest absolute Gasteiger partial charge is 0.493 e. The second-order valence-corrected chi connectivity index (χ2v) is 5.36. The van der Waals surface area contributed by atoms with E-state index >= 15 is 0 Å². The summed E-state index contributed by atoms with van der Waals surface area (Å²) in [6.45, 7) is 0. The van der Waals surface area contributed by atoms with Crippen LogP contribution in [0.25, 0.3) is 11.0 Å². The van der Waals surface area contributed by atoms with Crippen LogP contribution >= 0.6 is 0 Å². The number of carbonyl (C=O) groups is 2. The Morgan fingerprint density at radius 1 is 1.08 bits per heavy atom. The highest BCUT2D eigenvalue weighted by Crippen LogP contribution is 2.24. The van der Waals surface area contributed by atoms with Gasteiger partial charge in [0.05, 0.1) is 25.5 Å². The molecule has 0 aliphatic rings. The van der Waals surface area contributed by atoms with Crippen LogP contribution in [0.5, 0.6) is 5.75 Å². The van der Waals surface area contributed by atoms with Gasteiger partial charge >= 0.3 is 5.97 Å². The van der Waals surface area contributed by atoms with Gasteiger partial charge in [-0.05, 0) is 36.4 Å². The van der Waals surface area contributed by atoms with E-state index < -0.39 is 11.9 Å². The number of esters is 1. The molecule has 0 saturated heterocycles. The van der Waals surface area contributed by atoms with Crippen LogP contribution in [-0.4, -0.2) is 26.1 Å². The van der Waals surface area contributed by atoms with Crippen molar-refractivity contribution in [3.8, 4) is 5.75 Å². The molecule has 0 aliphatic carbocycles. The van der Waals surface area contributed by atoms with Gasteiger partial charge in [0, 0.05) is 5.39 Å². The maximum Gasteiger partial charge on any atom is 0.337 e. The summed E-state index contributed by atoms with van der Waals surface area (Å²) in [6, 6.07) is 13.3. The van der Waals surface area contributed by atoms with Crippen molar-refractivity contribution < 1.29 is 23.5 Å². The van der Waals surface area contributed by atoms with E-state index in [1.807, 2.05) is 0 Å². The predicted molar refractivity (Wildman–Crippen MR) is 94.3 cm³/mol. The molecule has 0 aliphatic heterocycles. The molecule has 0 bridgehead atoms. The highest BCUT2D eigenvalue weighted by Gasteiger charge is 2.12. The summed E-state index contributed by atoms with van der Waals surface area (Å²) in [7, 11) is 2.83. The first kappa shape index (κ1) is 17.2. The number of nitrogens with two attached hydrogens (primary N) is 1. The first-order valence-electron chi connectivity index (χ1n) is 7.67. The van der Waals surface area contributed by atoms with E-state index in [-0.39, 0.29) is 11.1 Å². The van der Waals surface area contributed by atoms with E-state index in [0.717, 1.165) is 0 Å². The van der Waals surface area contributed by atoms with Crippen LogP contribution < -0.4 is 16.0 Å². The standard InChI is InChI=1S/C19H16N2O5/c1-24-15-5-3-4-12-10-14(17(20)22)18(26-16(12)15)21-13-8-6-11(7-9-13)19(23)25-2/h3-10H,1-2H3,(H2,20,22). The summed E-state index contributed by atoms with van der Waals surface area (Å²) >= 11 is 0. The number of rotatable bonds is 4. The van der Waals surface area contributed by atoms with E-state index in [4.69, 9.17) is 14.9 Å². The molecule has 1 aromatic heterocycles. The van der Waals surface area contributed by atoms with E-state index in [1.54, 1.807) is 48.5 Å². The van der Waals surface area contributed by atoms with Gasteiger partial charge in [0.15, 0.2) is 11.3 Å². The van der Waals surface area contributed by atoms with Crippen molar-refractivity contribution >= 4 is 28.5 Å². The lowest BCUT2D eigenvalue weighted by Crippen LogP contribution is -2.21. The molecule has 7 nitrogen and oxygen atoms in total. The van der Waals surface area contributed by atoms with E-state index in [0.29, 0.717) is 28.0 Å². The topological polar surface area (TPSA) is 104 Å². The Balaban J connectivity index is 2.18. The third kappa shape index (κ3) is 3.27. The van der Waals surface area contributed by atoms with Gasteiger partial charge in [-0.2, -0.15) is 0 Å². The summed E-state index contributed by atoms with van der Waals surface area (Å²) in [6.07, 6.45) is 0. The van der Waals surface area contributed by atoms with Crippen LogP contribution in [0.4, 0.5) is 5.69 Å². The molecule has 0 radical (unpaired) electrons. The van der Waals surface area contributed by atoms with Crippen LogP contribution in [0.2, 0.25) is 0 Å². The normalized spacial score (nSPS) is 11.4. The number of carbonyl (C=O) groups excluding carboxylic acids is 2. The van der Waals surface area contributed by atoms with Gasteiger partial charge in [0.25, 0.3) is 5.91 Å². The average Bonchev–Trinajstić information content (AvgIpc) is 2.66. The van der Waals surface area contributed by atoms with Gasteiger partial charge in [-0.25, -0.2) is 9.79 Å². The van der Waals surface area contributed by atoms with Crippen molar-refractivity contribution in [3.05, 3.63) is 65.2 Å². The van der Waals surface area contributed by atoms with Crippen molar-refractivity contribution in [2.75, 3.05) is 14.2 Å². The molecule has 3 aromatic rings. The zero-order chi connectivity index (χ0) is 18.7. The first-order chi connectivity index (χ1) is 12.5. The van der Waals surface area contributed by atoms with Crippen molar-refractivity contribution in [1.82, 2.24) is 0 Å². The van der Waals surface area contributed by atoms with E-state index in [9.17, 15) is 9.59 Å². The first-order valence-corrected chi connectivity index (χ1v) is 7.67. The number of ether oxygens (including phenoxy) is 2. The Morgan fingerprint density at radius 3 is 2.42 bits per heavy atom. The Labute approximate surface area is 148 Å². The Kier molecular flexibility index (Phi) is 4.70. The lowest BCUT2D eigenvalue weighted by Gasteiger charge is -2.06. The van der Waals surface area contributed by atoms with Crippen molar-refractivity contribution in [3.63, 3.8) is 0 Å². The van der Waals surface area contributed by atoms with Crippen LogP contribution in [0.15, 0.2) is 57.9 Å². The smallest absolute Gasteiger partial charge is 0.337 e. The zero-order valence-electron chi connectivity index (χ0n) is 14.2. The SMILES string of the molecule is COC(=O)c1ccc(N=c2oc3c(OC)cccc3cc2C(N)=O)cc1. The molecular formula is C19H16N2O5. The molecule has 3 rings (SSSR count). The highest BCUT2D eigenvalue weighted by molar-refractivity contribution is 5.96. The summed E-state index contributed by atoms with van der Waals surface area (Å²) < 4.78 is 15.7. The third-order valence-electron chi connectivity index (χ3n) is 3.74. The Bertz CT molecular complexity index is 1050. The molecule has 7 heteroatoms. The molecule has 0 spiro atoms. The number of primary amides is 1. The number of para-hydroxylation sites is 1. The number of hydrogen-bond acceptors (Lipinski definition) is 6. The number of amides is 1. The number of methoxy groups -OCH3 is 2. The fourth-order valence-corrected chi connectivity index (χ4v) is 2.45. The van der Waals surface area contributed by atoms with Crippen LogP contribution in [0, 0.1) is 0 Å². The van der Waals surface area contributed by atoms with Gasteiger partial charge in [-0.1, -0.05) is 12.1 Å². The second kappa shape index (κ2) is 7.10. The summed E-state index contributed by atoms with van der Waals surface area (Å²) in [5.41, 5.74) is 6.98. The number of nitrogens with zero attached hydrogens (tertiary/aromatic N) is 1. The summed E-state index contributed by atoms with van der Waals surface area (Å²) in [4.78, 5) is 27.6. The maximum absolute atomic E-state index is 11.8. The molecule has 26 heavy (non-hydrogen) atoms. The monoisotopic (exact) mass is 352 g/mol. The van der Waals surface area contributed by atoms with Gasteiger partial charge < -0.3 is 19.6 Å². The molecular weight excluding hydrogens is 336 g/mol. The second-order valence-electron chi connectivity index (χ2n) is 5.36. The van der Waals surface area contributed by atoms with Gasteiger partial charge in [0.2, 0.25) is 5.55 Å². The Morgan fingerprint density at radius 2 is 1.81 bits per heavy atom.